The summed E-state index contributed by atoms with van der Waals surface area (Å²) >= 11 is 0. The van der Waals surface area contributed by atoms with Crippen LogP contribution in [0.5, 0.6) is 0 Å². The molecule has 1 rings (SSSR count). The number of rotatable bonds is 6. The van der Waals surface area contributed by atoms with Crippen LogP contribution < -0.4 is 10.5 Å². The van der Waals surface area contributed by atoms with E-state index >= 15 is 0 Å². The van der Waals surface area contributed by atoms with Crippen molar-refractivity contribution in [2.45, 2.75) is 18.7 Å². The van der Waals surface area contributed by atoms with E-state index in [-0.39, 0.29) is 17.3 Å². The number of nitrogens with one attached hydrogen (secondary N) is 1. The van der Waals surface area contributed by atoms with Gasteiger partial charge in [0.2, 0.25) is 10.0 Å². The predicted molar refractivity (Wildman–Crippen MR) is 64.0 cm³/mol. The average Bonchev–Trinajstić information content (AvgIpc) is 2.48. The van der Waals surface area contributed by atoms with Crippen LogP contribution in [-0.2, 0) is 21.8 Å². The Morgan fingerprint density at radius 2 is 2.18 bits per heavy atom. The molecular weight excluding hydrogens is 244 g/mol. The molecule has 0 aromatic carbocycles. The van der Waals surface area contributed by atoms with Gasteiger partial charge in [0.05, 0.1) is 12.3 Å². The van der Waals surface area contributed by atoms with E-state index in [4.69, 9.17) is 10.5 Å². The van der Waals surface area contributed by atoms with E-state index in [1.807, 2.05) is 6.92 Å². The molecule has 7 nitrogen and oxygen atoms in total. The number of aromatic nitrogens is 2. The summed E-state index contributed by atoms with van der Waals surface area (Å²) in [7, 11) is -1.98. The largest absolute Gasteiger partial charge is 0.381 e. The number of hydrogen-bond donors (Lipinski definition) is 2. The lowest BCUT2D eigenvalue weighted by Crippen LogP contribution is -2.28. The van der Waals surface area contributed by atoms with Gasteiger partial charge in [0.15, 0.2) is 5.82 Å². The smallest absolute Gasteiger partial charge is 0.246 e. The molecule has 0 aliphatic rings. The molecule has 0 bridgehead atoms. The molecule has 0 unspecified atom stereocenters. The fraction of sp³-hybridized carbons (Fsp3) is 0.667. The molecule has 0 radical (unpaired) electrons. The van der Waals surface area contributed by atoms with Crippen LogP contribution >= 0.6 is 0 Å². The van der Waals surface area contributed by atoms with Gasteiger partial charge in [0.1, 0.15) is 4.90 Å². The fourth-order valence-electron chi connectivity index (χ4n) is 1.41. The average molecular weight is 262 g/mol. The molecule has 1 heterocycles. The molecule has 0 atom stereocenters. The van der Waals surface area contributed by atoms with Gasteiger partial charge < -0.3 is 10.5 Å². The van der Waals surface area contributed by atoms with Crippen LogP contribution in [0.4, 0.5) is 5.82 Å². The van der Waals surface area contributed by atoms with Crippen LogP contribution in [-0.4, -0.2) is 38.0 Å². The first-order valence-electron chi connectivity index (χ1n) is 5.26. The molecule has 3 N–H and O–H groups in total. The van der Waals surface area contributed by atoms with E-state index in [1.54, 1.807) is 14.0 Å². The molecule has 1 aromatic rings. The summed E-state index contributed by atoms with van der Waals surface area (Å²) in [6.45, 7) is 4.59. The van der Waals surface area contributed by atoms with Crippen LogP contribution in [0.15, 0.2) is 4.90 Å². The monoisotopic (exact) mass is 262 g/mol. The Bertz CT molecular complexity index is 481. The highest BCUT2D eigenvalue weighted by Gasteiger charge is 2.23. The number of hydrogen-bond acceptors (Lipinski definition) is 5. The molecule has 0 aliphatic heterocycles. The highest BCUT2D eigenvalue weighted by atomic mass is 32.2. The van der Waals surface area contributed by atoms with Crippen molar-refractivity contribution in [2.24, 2.45) is 7.05 Å². The topological polar surface area (TPSA) is 99.2 Å². The molecule has 17 heavy (non-hydrogen) atoms. The molecule has 0 saturated heterocycles. The lowest BCUT2D eigenvalue weighted by molar-refractivity contribution is 0.153. The van der Waals surface area contributed by atoms with E-state index in [9.17, 15) is 8.42 Å². The summed E-state index contributed by atoms with van der Waals surface area (Å²) in [5.41, 5.74) is 6.08. The Balaban J connectivity index is 2.83. The Morgan fingerprint density at radius 3 is 2.65 bits per heavy atom. The summed E-state index contributed by atoms with van der Waals surface area (Å²) in [5.74, 6) is 0.00825. The van der Waals surface area contributed by atoms with Crippen molar-refractivity contribution in [3.8, 4) is 0 Å². The highest BCUT2D eigenvalue weighted by molar-refractivity contribution is 7.89. The first-order valence-corrected chi connectivity index (χ1v) is 6.75. The minimum Gasteiger partial charge on any atom is -0.381 e. The molecule has 1 aromatic heterocycles. The van der Waals surface area contributed by atoms with E-state index in [1.165, 1.54) is 4.68 Å². The molecule has 0 amide bonds. The SMILES string of the molecule is CCOCCNS(=O)(=O)c1c(N)nn(C)c1C. The first-order chi connectivity index (χ1) is 7.90. The molecule has 98 valence electrons. The fourth-order valence-corrected chi connectivity index (χ4v) is 2.74. The second-order valence-electron chi connectivity index (χ2n) is 3.52. The Hall–Kier alpha value is -1.12. The van der Waals surface area contributed by atoms with E-state index in [0.717, 1.165) is 0 Å². The maximum absolute atomic E-state index is 12.0. The van der Waals surface area contributed by atoms with Crippen molar-refractivity contribution < 1.29 is 13.2 Å². The predicted octanol–water partition coefficient (Wildman–Crippen LogP) is -0.374. The summed E-state index contributed by atoms with van der Waals surface area (Å²) in [5, 5.41) is 3.87. The van der Waals surface area contributed by atoms with Gasteiger partial charge in [-0.2, -0.15) is 5.10 Å². The van der Waals surface area contributed by atoms with Gasteiger partial charge in [-0.05, 0) is 13.8 Å². The lowest BCUT2D eigenvalue weighted by atomic mass is 10.5. The van der Waals surface area contributed by atoms with Crippen molar-refractivity contribution in [2.75, 3.05) is 25.5 Å². The van der Waals surface area contributed by atoms with Crippen LogP contribution in [0.25, 0.3) is 0 Å². The van der Waals surface area contributed by atoms with Crippen molar-refractivity contribution in [3.63, 3.8) is 0 Å². The number of nitrogens with zero attached hydrogens (tertiary/aromatic N) is 2. The first kappa shape index (κ1) is 13.9. The van der Waals surface area contributed by atoms with Gasteiger partial charge >= 0.3 is 0 Å². The van der Waals surface area contributed by atoms with Gasteiger partial charge in [-0.1, -0.05) is 0 Å². The van der Waals surface area contributed by atoms with Crippen LogP contribution in [0, 0.1) is 6.92 Å². The highest BCUT2D eigenvalue weighted by Crippen LogP contribution is 2.20. The number of aryl methyl sites for hydroxylation is 1. The number of nitrogens with two attached hydrogens (primary N) is 1. The van der Waals surface area contributed by atoms with Crippen molar-refractivity contribution in [3.05, 3.63) is 5.69 Å². The quantitative estimate of drug-likeness (QED) is 0.681. The Morgan fingerprint density at radius 1 is 1.53 bits per heavy atom. The van der Waals surface area contributed by atoms with Crippen molar-refractivity contribution in [1.82, 2.24) is 14.5 Å². The van der Waals surface area contributed by atoms with Gasteiger partial charge in [0.25, 0.3) is 0 Å². The van der Waals surface area contributed by atoms with E-state index in [2.05, 4.69) is 9.82 Å². The lowest BCUT2D eigenvalue weighted by Gasteiger charge is -2.06. The third-order valence-electron chi connectivity index (χ3n) is 2.32. The second kappa shape index (κ2) is 5.48. The Labute approximate surface area is 101 Å². The third-order valence-corrected chi connectivity index (χ3v) is 3.94. The number of anilines is 1. The normalized spacial score (nSPS) is 11.9. The molecule has 8 heteroatoms. The number of sulfonamides is 1. The summed E-state index contributed by atoms with van der Waals surface area (Å²) in [6, 6.07) is 0. The van der Waals surface area contributed by atoms with Crippen LogP contribution in [0.2, 0.25) is 0 Å². The standard InChI is InChI=1S/C9H18N4O3S/c1-4-16-6-5-11-17(14,15)8-7(2)13(3)12-9(8)10/h11H,4-6H2,1-3H3,(H2,10,12). The zero-order chi connectivity index (χ0) is 13.1. The van der Waals surface area contributed by atoms with Crippen LogP contribution in [0.3, 0.4) is 0 Å². The maximum Gasteiger partial charge on any atom is 0.246 e. The zero-order valence-corrected chi connectivity index (χ0v) is 11.0. The Kier molecular flexibility index (Phi) is 4.49. The third kappa shape index (κ3) is 3.18. The van der Waals surface area contributed by atoms with E-state index in [0.29, 0.717) is 18.9 Å². The van der Waals surface area contributed by atoms with Gasteiger partial charge in [-0.15, -0.1) is 0 Å². The number of nitrogen functional groups attached to an aromatic ring is 1. The summed E-state index contributed by atoms with van der Waals surface area (Å²) in [6.07, 6.45) is 0. The molecule has 0 spiro atoms. The zero-order valence-electron chi connectivity index (χ0n) is 10.2. The minimum absolute atomic E-state index is 0.00825. The van der Waals surface area contributed by atoms with Gasteiger partial charge in [-0.25, -0.2) is 13.1 Å². The molecular formula is C9H18N4O3S. The minimum atomic E-state index is -3.62. The van der Waals surface area contributed by atoms with Gasteiger partial charge in [0, 0.05) is 20.2 Å². The molecule has 0 fully saturated rings. The van der Waals surface area contributed by atoms with E-state index < -0.39 is 10.0 Å². The molecule has 0 aliphatic carbocycles. The summed E-state index contributed by atoms with van der Waals surface area (Å²) < 4.78 is 32.8. The van der Waals surface area contributed by atoms with Crippen molar-refractivity contribution >= 4 is 15.8 Å². The second-order valence-corrected chi connectivity index (χ2v) is 5.22. The number of ether oxygens (including phenoxy) is 1. The van der Waals surface area contributed by atoms with Crippen LogP contribution in [0.1, 0.15) is 12.6 Å². The molecule has 0 saturated carbocycles. The van der Waals surface area contributed by atoms with Gasteiger partial charge in [-0.3, -0.25) is 4.68 Å². The summed E-state index contributed by atoms with van der Waals surface area (Å²) in [4.78, 5) is 0.0384. The maximum atomic E-state index is 12.0. The van der Waals surface area contributed by atoms with Crippen molar-refractivity contribution in [1.29, 1.82) is 0 Å².